The monoisotopic (exact) mass is 892 g/mol. The Hall–Kier alpha value is -5.07. The number of hydrogen-bond acceptors (Lipinski definition) is 4. The van der Waals surface area contributed by atoms with Crippen molar-refractivity contribution in [3.8, 4) is 22.5 Å². The van der Waals surface area contributed by atoms with Crippen LogP contribution in [0.2, 0.25) is 19.6 Å². The van der Waals surface area contributed by atoms with Crippen LogP contribution in [0.25, 0.3) is 44.5 Å². The van der Waals surface area contributed by atoms with Gasteiger partial charge < -0.3 is 14.4 Å². The average molecular weight is 892 g/mol. The summed E-state index contributed by atoms with van der Waals surface area (Å²) in [6.45, 7) is 11.2. The van der Waals surface area contributed by atoms with Gasteiger partial charge in [0.1, 0.15) is 5.58 Å². The molecule has 267 valence electrons. The molecule has 0 N–H and O–H groups in total. The smallest absolute Gasteiger partial charge is 0.124 e. The molecule has 0 amide bonds. The summed E-state index contributed by atoms with van der Waals surface area (Å²) in [5.74, 6) is -0.271. The molecule has 1 radical (unpaired) electrons. The molecule has 0 saturated carbocycles. The summed E-state index contributed by atoms with van der Waals surface area (Å²) in [7, 11) is -1.30. The first-order chi connectivity index (χ1) is 25.8. The standard InChI is InChI=1S/C32H25N2O.C14H15FNSi.Ir/c1-32(2,25-11-7-4-8-12-25)31-30-26-21-24(13-14-28(26)35-29(30)16-18-34-31)27-20-23(15-17-33-27)19-22-9-5-3-6-10-22;1-17(2,3)13-8-9-14(16-10-13)11-4-6-12(15)7-5-11;/h3-12,14-18,20-21H,19H2,1-2H3;4,6-10H,1-3H3;/q2*-1;/i19D2;;. The third-order valence-electron chi connectivity index (χ3n) is 9.18. The maximum atomic E-state index is 12.8. The van der Waals surface area contributed by atoms with E-state index in [2.05, 4.69) is 73.8 Å². The molecule has 8 rings (SSSR count). The van der Waals surface area contributed by atoms with Gasteiger partial charge in [0.25, 0.3) is 0 Å². The Balaban J connectivity index is 0.000000241. The quantitative estimate of drug-likeness (QED) is 0.118. The van der Waals surface area contributed by atoms with Crippen LogP contribution in [-0.2, 0) is 31.9 Å². The summed E-state index contributed by atoms with van der Waals surface area (Å²) in [5.41, 5.74) is 7.51. The van der Waals surface area contributed by atoms with Gasteiger partial charge in [-0.05, 0) is 51.8 Å². The van der Waals surface area contributed by atoms with Gasteiger partial charge in [-0.2, -0.15) is 0 Å². The first-order valence-electron chi connectivity index (χ1n) is 18.3. The largest absolute Gasteiger partial charge is 0.500 e. The first kappa shape index (κ1) is 35.0. The molecular formula is C46H40FIrN3OSi-2. The number of pyridine rings is 3. The molecule has 0 bridgehead atoms. The van der Waals surface area contributed by atoms with Crippen LogP contribution >= 0.6 is 0 Å². The predicted octanol–water partition coefficient (Wildman–Crippen LogP) is 11.0. The van der Waals surface area contributed by atoms with E-state index in [1.807, 2.05) is 66.9 Å². The Bertz CT molecular complexity index is 2540. The van der Waals surface area contributed by atoms with Crippen molar-refractivity contribution in [2.75, 3.05) is 0 Å². The Morgan fingerprint density at radius 1 is 0.717 bits per heavy atom. The van der Waals surface area contributed by atoms with E-state index in [0.717, 1.165) is 44.5 Å². The molecule has 0 aliphatic carbocycles. The minimum absolute atomic E-state index is 0. The van der Waals surface area contributed by atoms with Crippen LogP contribution in [0.1, 0.15) is 39.0 Å². The van der Waals surface area contributed by atoms with Crippen molar-refractivity contribution in [1.29, 1.82) is 0 Å². The number of hydrogen-bond donors (Lipinski definition) is 0. The minimum Gasteiger partial charge on any atom is -0.500 e. The molecule has 4 heterocycles. The van der Waals surface area contributed by atoms with Crippen LogP contribution in [-0.4, -0.2) is 23.0 Å². The van der Waals surface area contributed by atoms with E-state index in [0.29, 0.717) is 16.8 Å². The number of nitrogens with zero attached hydrogens (tertiary/aromatic N) is 3. The van der Waals surface area contributed by atoms with Crippen LogP contribution in [0.5, 0.6) is 0 Å². The maximum absolute atomic E-state index is 12.8. The Morgan fingerprint density at radius 2 is 1.43 bits per heavy atom. The number of aromatic nitrogens is 3. The van der Waals surface area contributed by atoms with E-state index in [-0.39, 0.29) is 31.3 Å². The molecule has 0 unspecified atom stereocenters. The van der Waals surface area contributed by atoms with Gasteiger partial charge in [0.2, 0.25) is 0 Å². The predicted molar refractivity (Wildman–Crippen MR) is 213 cm³/mol. The molecule has 53 heavy (non-hydrogen) atoms. The topological polar surface area (TPSA) is 51.8 Å². The Morgan fingerprint density at radius 3 is 2.11 bits per heavy atom. The maximum Gasteiger partial charge on any atom is 0.124 e. The Labute approximate surface area is 328 Å². The van der Waals surface area contributed by atoms with Crippen LogP contribution < -0.4 is 5.19 Å². The molecule has 4 aromatic carbocycles. The van der Waals surface area contributed by atoms with E-state index >= 15 is 0 Å². The Kier molecular flexibility index (Phi) is 10.5. The van der Waals surface area contributed by atoms with Gasteiger partial charge >= 0.3 is 0 Å². The van der Waals surface area contributed by atoms with Gasteiger partial charge in [-0.3, -0.25) is 9.37 Å². The third kappa shape index (κ3) is 8.44. The van der Waals surface area contributed by atoms with Gasteiger partial charge in [0, 0.05) is 58.1 Å². The van der Waals surface area contributed by atoms with E-state index in [4.69, 9.17) is 12.1 Å². The molecule has 4 nitrogen and oxygen atoms in total. The van der Waals surface area contributed by atoms with Crippen molar-refractivity contribution in [3.63, 3.8) is 0 Å². The van der Waals surface area contributed by atoms with E-state index in [1.54, 1.807) is 42.7 Å². The SMILES string of the molecule is C[Si](C)(C)c1ccc(-c2[c-]cc(F)cc2)nc1.[2H]C([2H])(c1ccccc1)c1ccnc(-c2[c-]cc3oc4ccnc(C(C)(C)c5ccccc5)c4c3c2)c1.[Ir]. The average Bonchev–Trinajstić information content (AvgIpc) is 3.57. The minimum atomic E-state index is -1.65. The van der Waals surface area contributed by atoms with Gasteiger partial charge in [0.15, 0.2) is 0 Å². The van der Waals surface area contributed by atoms with Gasteiger partial charge in [-0.15, -0.1) is 53.6 Å². The van der Waals surface area contributed by atoms with Crippen LogP contribution in [0.4, 0.5) is 4.39 Å². The normalized spacial score (nSPS) is 12.3. The van der Waals surface area contributed by atoms with E-state index in [9.17, 15) is 4.39 Å². The fraction of sp³-hybridized carbons (Fsp3) is 0.152. The molecule has 0 atom stereocenters. The molecule has 8 aromatic rings. The van der Waals surface area contributed by atoms with Crippen LogP contribution in [0.3, 0.4) is 0 Å². The zero-order chi connectivity index (χ0) is 38.1. The molecule has 7 heteroatoms. The molecule has 0 aliphatic rings. The summed E-state index contributed by atoms with van der Waals surface area (Å²) in [5, 5.41) is 3.23. The number of benzene rings is 4. The zero-order valence-electron chi connectivity index (χ0n) is 32.2. The fourth-order valence-corrected chi connectivity index (χ4v) is 7.22. The van der Waals surface area contributed by atoms with Crippen molar-refractivity contribution in [3.05, 3.63) is 180 Å². The van der Waals surface area contributed by atoms with Crippen molar-refractivity contribution in [2.45, 2.75) is 45.3 Å². The molecule has 4 aromatic heterocycles. The van der Waals surface area contributed by atoms with Gasteiger partial charge in [0.05, 0.1) is 19.4 Å². The summed E-state index contributed by atoms with van der Waals surface area (Å²) in [6, 6.07) is 43.6. The molecule has 0 fully saturated rings. The van der Waals surface area contributed by atoms with Crippen LogP contribution in [0, 0.1) is 17.9 Å². The number of furan rings is 1. The number of halogens is 1. The third-order valence-corrected chi connectivity index (χ3v) is 11.2. The summed E-state index contributed by atoms with van der Waals surface area (Å²) >= 11 is 0. The molecular weight excluding hydrogens is 850 g/mol. The second-order valence-electron chi connectivity index (χ2n) is 14.3. The molecule has 0 saturated heterocycles. The van der Waals surface area contributed by atoms with Gasteiger partial charge in [-0.1, -0.05) is 118 Å². The van der Waals surface area contributed by atoms with Gasteiger partial charge in [-0.25, -0.2) is 0 Å². The van der Waals surface area contributed by atoms with Crippen LogP contribution in [0.15, 0.2) is 144 Å². The second kappa shape index (κ2) is 15.9. The van der Waals surface area contributed by atoms with Crippen molar-refractivity contribution >= 4 is 35.2 Å². The molecule has 0 spiro atoms. The van der Waals surface area contributed by atoms with Crippen molar-refractivity contribution < 1.29 is 31.7 Å². The van der Waals surface area contributed by atoms with E-state index < -0.39 is 14.4 Å². The summed E-state index contributed by atoms with van der Waals surface area (Å²) in [4.78, 5) is 13.8. The summed E-state index contributed by atoms with van der Waals surface area (Å²) in [6.07, 6.45) is 3.73. The zero-order valence-corrected chi connectivity index (χ0v) is 33.6. The number of fused-ring (bicyclic) bond motifs is 3. The second-order valence-corrected chi connectivity index (χ2v) is 19.4. The first-order valence-corrected chi connectivity index (χ1v) is 20.8. The fourth-order valence-electron chi connectivity index (χ4n) is 6.18. The summed E-state index contributed by atoms with van der Waals surface area (Å²) < 4.78 is 36.5. The number of rotatable bonds is 7. The molecule has 0 aliphatic heterocycles. The van der Waals surface area contributed by atoms with Crippen molar-refractivity contribution in [1.82, 2.24) is 15.0 Å². The van der Waals surface area contributed by atoms with Crippen molar-refractivity contribution in [2.24, 2.45) is 0 Å². The van der Waals surface area contributed by atoms with E-state index in [1.165, 1.54) is 22.9 Å².